The second-order valence-corrected chi connectivity index (χ2v) is 6.38. The molecule has 0 bridgehead atoms. The molecule has 23 heavy (non-hydrogen) atoms. The zero-order valence-electron chi connectivity index (χ0n) is 13.1. The second-order valence-electron chi connectivity index (χ2n) is 6.38. The van der Waals surface area contributed by atoms with Crippen molar-refractivity contribution >= 4 is 5.91 Å². The number of amides is 1. The highest BCUT2D eigenvalue weighted by Crippen LogP contribution is 2.40. The van der Waals surface area contributed by atoms with Gasteiger partial charge in [-0.2, -0.15) is 10.1 Å². The van der Waals surface area contributed by atoms with Crippen LogP contribution >= 0.6 is 0 Å². The molecule has 0 unspecified atom stereocenters. The Kier molecular flexibility index (Phi) is 3.85. The number of likely N-dealkylation sites (tertiary alicyclic amines) is 1. The molecular weight excluding hydrogens is 294 g/mol. The van der Waals surface area contributed by atoms with E-state index in [1.807, 2.05) is 21.8 Å². The molecule has 122 valence electrons. The topological polar surface area (TPSA) is 77.0 Å². The van der Waals surface area contributed by atoms with Gasteiger partial charge in [-0.1, -0.05) is 5.16 Å². The van der Waals surface area contributed by atoms with Crippen LogP contribution in [-0.4, -0.2) is 37.3 Å². The number of carbonyl (C=O) groups excluding carboxylic acids is 1. The molecule has 1 saturated carbocycles. The van der Waals surface area contributed by atoms with Crippen molar-refractivity contribution in [2.24, 2.45) is 0 Å². The molecule has 2 aromatic heterocycles. The first-order valence-electron chi connectivity index (χ1n) is 8.41. The lowest BCUT2D eigenvalue weighted by atomic mass is 10.2. The van der Waals surface area contributed by atoms with Crippen molar-refractivity contribution in [3.05, 3.63) is 30.2 Å². The number of aromatic nitrogens is 4. The van der Waals surface area contributed by atoms with E-state index in [1.54, 1.807) is 6.20 Å². The van der Waals surface area contributed by atoms with Crippen LogP contribution in [0.2, 0.25) is 0 Å². The molecule has 1 atom stereocenters. The monoisotopic (exact) mass is 315 g/mol. The van der Waals surface area contributed by atoms with Gasteiger partial charge in [0, 0.05) is 37.8 Å². The summed E-state index contributed by atoms with van der Waals surface area (Å²) >= 11 is 0. The highest BCUT2D eigenvalue weighted by Gasteiger charge is 2.35. The van der Waals surface area contributed by atoms with Crippen molar-refractivity contribution < 1.29 is 9.32 Å². The van der Waals surface area contributed by atoms with Crippen LogP contribution in [0.3, 0.4) is 0 Å². The molecule has 7 nitrogen and oxygen atoms in total. The smallest absolute Gasteiger partial charge is 0.229 e. The average Bonchev–Trinajstić information content (AvgIpc) is 3.02. The van der Waals surface area contributed by atoms with Gasteiger partial charge in [0.1, 0.15) is 0 Å². The Bertz CT molecular complexity index is 662. The normalized spacial score (nSPS) is 21.0. The van der Waals surface area contributed by atoms with Gasteiger partial charge in [-0.25, -0.2) is 0 Å². The summed E-state index contributed by atoms with van der Waals surface area (Å²) in [5.41, 5.74) is 0. The van der Waals surface area contributed by atoms with E-state index in [0.29, 0.717) is 18.2 Å². The molecule has 1 aliphatic heterocycles. The predicted molar refractivity (Wildman–Crippen MR) is 81.4 cm³/mol. The molecule has 1 saturated heterocycles. The van der Waals surface area contributed by atoms with E-state index in [2.05, 4.69) is 15.2 Å². The fraction of sp³-hybridized carbons (Fsp3) is 0.625. The number of rotatable bonds is 6. The quantitative estimate of drug-likeness (QED) is 0.817. The van der Waals surface area contributed by atoms with Crippen LogP contribution in [0.1, 0.15) is 62.2 Å². The minimum atomic E-state index is -0.0107. The third kappa shape index (κ3) is 3.13. The molecule has 0 spiro atoms. The summed E-state index contributed by atoms with van der Waals surface area (Å²) in [7, 11) is 0. The molecule has 7 heteroatoms. The Morgan fingerprint density at radius 3 is 3.04 bits per heavy atom. The van der Waals surface area contributed by atoms with E-state index < -0.39 is 0 Å². The average molecular weight is 315 g/mol. The summed E-state index contributed by atoms with van der Waals surface area (Å²) in [6, 6.07) is 1.88. The lowest BCUT2D eigenvalue weighted by Crippen LogP contribution is -2.31. The molecule has 2 aliphatic rings. The Balaban J connectivity index is 1.35. The van der Waals surface area contributed by atoms with Crippen LogP contribution in [0, 0.1) is 0 Å². The third-order valence-electron chi connectivity index (χ3n) is 4.59. The van der Waals surface area contributed by atoms with Gasteiger partial charge in [0.25, 0.3) is 0 Å². The minimum absolute atomic E-state index is 0.0107. The molecule has 2 fully saturated rings. The van der Waals surface area contributed by atoms with Crippen molar-refractivity contribution in [3.63, 3.8) is 0 Å². The SMILES string of the molecule is O=C(CCCn1cccn1)N1CCC[C@@H]1c1noc(C2CC2)n1. The van der Waals surface area contributed by atoms with E-state index >= 15 is 0 Å². The number of carbonyl (C=O) groups is 1. The van der Waals surface area contributed by atoms with Crippen molar-refractivity contribution in [2.45, 2.75) is 57.0 Å². The number of hydrogen-bond acceptors (Lipinski definition) is 5. The molecule has 1 amide bonds. The first kappa shape index (κ1) is 14.4. The maximum atomic E-state index is 12.5. The van der Waals surface area contributed by atoms with Gasteiger partial charge in [0.2, 0.25) is 11.8 Å². The molecule has 0 radical (unpaired) electrons. The zero-order chi connectivity index (χ0) is 15.6. The molecule has 1 aliphatic carbocycles. The Hall–Kier alpha value is -2.18. The fourth-order valence-electron chi connectivity index (χ4n) is 3.18. The van der Waals surface area contributed by atoms with Gasteiger partial charge in [0.05, 0.1) is 6.04 Å². The summed E-state index contributed by atoms with van der Waals surface area (Å²) in [6.07, 6.45) is 9.21. The van der Waals surface area contributed by atoms with Crippen LogP contribution in [0.5, 0.6) is 0 Å². The lowest BCUT2D eigenvalue weighted by Gasteiger charge is -2.22. The predicted octanol–water partition coefficient (Wildman–Crippen LogP) is 2.29. The van der Waals surface area contributed by atoms with Crippen LogP contribution < -0.4 is 0 Å². The van der Waals surface area contributed by atoms with Gasteiger partial charge in [-0.3, -0.25) is 9.48 Å². The van der Waals surface area contributed by atoms with E-state index in [4.69, 9.17) is 4.52 Å². The van der Waals surface area contributed by atoms with Crippen molar-refractivity contribution in [1.82, 2.24) is 24.8 Å². The van der Waals surface area contributed by atoms with Crippen LogP contribution in [0.15, 0.2) is 23.0 Å². The second kappa shape index (κ2) is 6.14. The summed E-state index contributed by atoms with van der Waals surface area (Å²) < 4.78 is 7.21. The third-order valence-corrected chi connectivity index (χ3v) is 4.59. The van der Waals surface area contributed by atoms with Crippen LogP contribution in [-0.2, 0) is 11.3 Å². The van der Waals surface area contributed by atoms with E-state index in [-0.39, 0.29) is 11.9 Å². The standard InChI is InChI=1S/C16H21N5O2/c22-14(5-2-9-20-10-3-8-17-20)21-11-1-4-13(21)15-18-16(23-19-15)12-6-7-12/h3,8,10,12-13H,1-2,4-7,9,11H2/t13-/m1/s1. The number of nitrogens with zero attached hydrogens (tertiary/aromatic N) is 5. The fourth-order valence-corrected chi connectivity index (χ4v) is 3.18. The van der Waals surface area contributed by atoms with E-state index in [0.717, 1.165) is 51.1 Å². The van der Waals surface area contributed by atoms with Gasteiger partial charge in [-0.05, 0) is 38.2 Å². The number of hydrogen-bond donors (Lipinski definition) is 0. The Morgan fingerprint density at radius 1 is 1.35 bits per heavy atom. The van der Waals surface area contributed by atoms with Crippen molar-refractivity contribution in [2.75, 3.05) is 6.54 Å². The molecule has 0 N–H and O–H groups in total. The molecular formula is C16H21N5O2. The summed E-state index contributed by atoms with van der Waals surface area (Å²) in [5.74, 6) is 2.07. The molecule has 3 heterocycles. The Morgan fingerprint density at radius 2 is 2.26 bits per heavy atom. The van der Waals surface area contributed by atoms with E-state index in [1.165, 1.54) is 0 Å². The van der Waals surface area contributed by atoms with Gasteiger partial charge in [0.15, 0.2) is 5.82 Å². The molecule has 4 rings (SSSR count). The lowest BCUT2D eigenvalue weighted by molar-refractivity contribution is -0.132. The summed E-state index contributed by atoms with van der Waals surface area (Å²) in [4.78, 5) is 19.0. The maximum Gasteiger partial charge on any atom is 0.229 e. The van der Waals surface area contributed by atoms with Gasteiger partial charge in [-0.15, -0.1) is 0 Å². The molecule has 2 aromatic rings. The van der Waals surface area contributed by atoms with Gasteiger partial charge < -0.3 is 9.42 Å². The first-order valence-corrected chi connectivity index (χ1v) is 8.41. The largest absolute Gasteiger partial charge is 0.339 e. The maximum absolute atomic E-state index is 12.5. The zero-order valence-corrected chi connectivity index (χ0v) is 13.1. The van der Waals surface area contributed by atoms with Gasteiger partial charge >= 0.3 is 0 Å². The summed E-state index contributed by atoms with van der Waals surface area (Å²) in [5, 5.41) is 8.28. The first-order chi connectivity index (χ1) is 11.3. The summed E-state index contributed by atoms with van der Waals surface area (Å²) in [6.45, 7) is 1.56. The van der Waals surface area contributed by atoms with E-state index in [9.17, 15) is 4.79 Å². The Labute approximate surface area is 134 Å². The van der Waals surface area contributed by atoms with Crippen molar-refractivity contribution in [3.8, 4) is 0 Å². The highest BCUT2D eigenvalue weighted by atomic mass is 16.5. The number of aryl methyl sites for hydroxylation is 1. The minimum Gasteiger partial charge on any atom is -0.339 e. The molecule has 0 aromatic carbocycles. The van der Waals surface area contributed by atoms with Crippen LogP contribution in [0.25, 0.3) is 0 Å². The van der Waals surface area contributed by atoms with Crippen molar-refractivity contribution in [1.29, 1.82) is 0 Å². The van der Waals surface area contributed by atoms with Crippen LogP contribution in [0.4, 0.5) is 0 Å². The highest BCUT2D eigenvalue weighted by molar-refractivity contribution is 5.76.